The minimum Gasteiger partial charge on any atom is -0.480 e. The highest BCUT2D eigenvalue weighted by Crippen LogP contribution is 2.39. The number of nitrogens with zero attached hydrogens (tertiary/aromatic N) is 1. The SMILES string of the molecule is O=C(O)C1CCCCCN1C1CCc2cc(Cl)ccc21. The number of carboxylic acids is 1. The summed E-state index contributed by atoms with van der Waals surface area (Å²) in [6.45, 7) is 0.893. The fourth-order valence-corrected chi connectivity index (χ4v) is 3.87. The molecule has 0 bridgehead atoms. The third kappa shape index (κ3) is 2.57. The van der Waals surface area contributed by atoms with Crippen LogP contribution in [0.1, 0.15) is 49.3 Å². The van der Waals surface area contributed by atoms with Crippen LogP contribution >= 0.6 is 11.6 Å². The van der Waals surface area contributed by atoms with E-state index in [4.69, 9.17) is 11.6 Å². The van der Waals surface area contributed by atoms with E-state index < -0.39 is 5.97 Å². The zero-order valence-electron chi connectivity index (χ0n) is 11.5. The van der Waals surface area contributed by atoms with Crippen LogP contribution in [0.4, 0.5) is 0 Å². The molecular weight excluding hydrogens is 274 g/mol. The molecule has 3 nitrogen and oxygen atoms in total. The van der Waals surface area contributed by atoms with Gasteiger partial charge < -0.3 is 5.11 Å². The summed E-state index contributed by atoms with van der Waals surface area (Å²) in [6.07, 6.45) is 6.05. The van der Waals surface area contributed by atoms with Crippen molar-refractivity contribution in [3.05, 3.63) is 34.3 Å². The van der Waals surface area contributed by atoms with Gasteiger partial charge in [-0.1, -0.05) is 30.5 Å². The number of hydrogen-bond acceptors (Lipinski definition) is 2. The number of fused-ring (bicyclic) bond motifs is 1. The van der Waals surface area contributed by atoms with Crippen LogP contribution in [0.15, 0.2) is 18.2 Å². The zero-order valence-corrected chi connectivity index (χ0v) is 12.3. The summed E-state index contributed by atoms with van der Waals surface area (Å²) in [6, 6.07) is 5.96. The molecule has 1 N–H and O–H groups in total. The molecule has 20 heavy (non-hydrogen) atoms. The van der Waals surface area contributed by atoms with E-state index in [9.17, 15) is 9.90 Å². The van der Waals surface area contributed by atoms with Crippen molar-refractivity contribution in [1.82, 2.24) is 4.90 Å². The van der Waals surface area contributed by atoms with Gasteiger partial charge in [-0.15, -0.1) is 0 Å². The van der Waals surface area contributed by atoms with E-state index in [0.717, 1.165) is 50.1 Å². The fourth-order valence-electron chi connectivity index (χ4n) is 3.68. The number of hydrogen-bond donors (Lipinski definition) is 1. The van der Waals surface area contributed by atoms with Gasteiger partial charge in [0.2, 0.25) is 0 Å². The second-order valence-electron chi connectivity index (χ2n) is 5.84. The number of benzene rings is 1. The van der Waals surface area contributed by atoms with Crippen LogP contribution in [0.2, 0.25) is 5.02 Å². The van der Waals surface area contributed by atoms with Gasteiger partial charge in [-0.3, -0.25) is 9.69 Å². The second kappa shape index (κ2) is 5.74. The molecule has 4 heteroatoms. The average Bonchev–Trinajstić information content (AvgIpc) is 2.67. The normalized spacial score (nSPS) is 27.1. The van der Waals surface area contributed by atoms with Crippen molar-refractivity contribution in [3.63, 3.8) is 0 Å². The third-order valence-electron chi connectivity index (χ3n) is 4.63. The predicted molar refractivity (Wildman–Crippen MR) is 79.1 cm³/mol. The molecular formula is C16H20ClNO2. The molecule has 2 aliphatic rings. The number of carbonyl (C=O) groups is 1. The first-order valence-electron chi connectivity index (χ1n) is 7.43. The third-order valence-corrected chi connectivity index (χ3v) is 4.87. The Morgan fingerprint density at radius 2 is 2.10 bits per heavy atom. The van der Waals surface area contributed by atoms with Crippen LogP contribution in [0.25, 0.3) is 0 Å². The lowest BCUT2D eigenvalue weighted by atomic mass is 10.0. The Hall–Kier alpha value is -1.06. The highest BCUT2D eigenvalue weighted by molar-refractivity contribution is 6.30. The molecule has 1 saturated heterocycles. The smallest absolute Gasteiger partial charge is 0.320 e. The van der Waals surface area contributed by atoms with E-state index in [1.165, 1.54) is 11.1 Å². The maximum absolute atomic E-state index is 11.6. The molecule has 1 aromatic rings. The van der Waals surface area contributed by atoms with Crippen molar-refractivity contribution in [2.24, 2.45) is 0 Å². The molecule has 0 amide bonds. The van der Waals surface area contributed by atoms with Crippen molar-refractivity contribution < 1.29 is 9.90 Å². The van der Waals surface area contributed by atoms with Gasteiger partial charge in [0, 0.05) is 11.1 Å². The first kappa shape index (κ1) is 13.9. The molecule has 2 atom stereocenters. The van der Waals surface area contributed by atoms with Crippen molar-refractivity contribution in [2.75, 3.05) is 6.54 Å². The number of likely N-dealkylation sites (tertiary alicyclic amines) is 1. The van der Waals surface area contributed by atoms with Crippen molar-refractivity contribution in [1.29, 1.82) is 0 Å². The van der Waals surface area contributed by atoms with Crippen LogP contribution in [0.5, 0.6) is 0 Å². The van der Waals surface area contributed by atoms with Gasteiger partial charge in [0.1, 0.15) is 6.04 Å². The molecule has 0 saturated carbocycles. The van der Waals surface area contributed by atoms with Gasteiger partial charge in [0.15, 0.2) is 0 Å². The molecule has 0 radical (unpaired) electrons. The first-order valence-corrected chi connectivity index (χ1v) is 7.81. The molecule has 108 valence electrons. The monoisotopic (exact) mass is 293 g/mol. The van der Waals surface area contributed by atoms with Crippen LogP contribution in [-0.2, 0) is 11.2 Å². The average molecular weight is 294 g/mol. The molecule has 0 spiro atoms. The number of rotatable bonds is 2. The van der Waals surface area contributed by atoms with E-state index in [2.05, 4.69) is 11.0 Å². The van der Waals surface area contributed by atoms with E-state index in [1.54, 1.807) is 0 Å². The summed E-state index contributed by atoms with van der Waals surface area (Å²) in [5.41, 5.74) is 2.57. The Labute approximate surface area is 124 Å². The quantitative estimate of drug-likeness (QED) is 0.905. The van der Waals surface area contributed by atoms with E-state index in [-0.39, 0.29) is 12.1 Å². The summed E-state index contributed by atoms with van der Waals surface area (Å²) < 4.78 is 0. The van der Waals surface area contributed by atoms with E-state index >= 15 is 0 Å². The second-order valence-corrected chi connectivity index (χ2v) is 6.28. The summed E-state index contributed by atoms with van der Waals surface area (Å²) in [4.78, 5) is 13.8. The van der Waals surface area contributed by atoms with Crippen LogP contribution in [-0.4, -0.2) is 28.6 Å². The van der Waals surface area contributed by atoms with Crippen LogP contribution < -0.4 is 0 Å². The van der Waals surface area contributed by atoms with Gasteiger partial charge in [-0.25, -0.2) is 0 Å². The van der Waals surface area contributed by atoms with Gasteiger partial charge in [-0.05, 0) is 55.5 Å². The molecule has 1 aliphatic carbocycles. The van der Waals surface area contributed by atoms with Crippen molar-refractivity contribution in [3.8, 4) is 0 Å². The molecule has 1 fully saturated rings. The van der Waals surface area contributed by atoms with E-state index in [1.807, 2.05) is 12.1 Å². The maximum atomic E-state index is 11.6. The maximum Gasteiger partial charge on any atom is 0.320 e. The Morgan fingerprint density at radius 1 is 1.25 bits per heavy atom. The van der Waals surface area contributed by atoms with Crippen LogP contribution in [0, 0.1) is 0 Å². The number of aliphatic carboxylic acids is 1. The minimum absolute atomic E-state index is 0.251. The van der Waals surface area contributed by atoms with Crippen molar-refractivity contribution in [2.45, 2.75) is 50.6 Å². The zero-order chi connectivity index (χ0) is 14.1. The molecule has 1 aromatic carbocycles. The van der Waals surface area contributed by atoms with Crippen LogP contribution in [0.3, 0.4) is 0 Å². The largest absolute Gasteiger partial charge is 0.480 e. The predicted octanol–water partition coefficient (Wildman–Crippen LogP) is 3.66. The highest BCUT2D eigenvalue weighted by atomic mass is 35.5. The number of aryl methyl sites for hydroxylation is 1. The van der Waals surface area contributed by atoms with Gasteiger partial charge in [-0.2, -0.15) is 0 Å². The Morgan fingerprint density at radius 3 is 2.90 bits per heavy atom. The fraction of sp³-hybridized carbons (Fsp3) is 0.562. The summed E-state index contributed by atoms with van der Waals surface area (Å²) in [5, 5.41) is 10.3. The Balaban J connectivity index is 1.90. The number of halogens is 1. The van der Waals surface area contributed by atoms with Gasteiger partial charge >= 0.3 is 5.97 Å². The summed E-state index contributed by atoms with van der Waals surface area (Å²) in [5.74, 6) is -0.672. The Kier molecular flexibility index (Phi) is 3.99. The molecule has 2 unspecified atom stereocenters. The summed E-state index contributed by atoms with van der Waals surface area (Å²) >= 11 is 6.05. The molecule has 0 aromatic heterocycles. The molecule has 1 heterocycles. The highest BCUT2D eigenvalue weighted by Gasteiger charge is 2.36. The molecule has 1 aliphatic heterocycles. The summed E-state index contributed by atoms with van der Waals surface area (Å²) in [7, 11) is 0. The minimum atomic E-state index is -0.672. The topological polar surface area (TPSA) is 40.5 Å². The van der Waals surface area contributed by atoms with E-state index in [0.29, 0.717) is 0 Å². The standard InChI is InChI=1S/C16H20ClNO2/c17-12-6-7-13-11(10-12)5-8-14(13)18-9-3-1-2-4-15(18)16(19)20/h6-7,10,14-15H,1-5,8-9H2,(H,19,20). The van der Waals surface area contributed by atoms with Crippen molar-refractivity contribution >= 4 is 17.6 Å². The lowest BCUT2D eigenvalue weighted by molar-refractivity contribution is -0.144. The lowest BCUT2D eigenvalue weighted by Gasteiger charge is -2.33. The van der Waals surface area contributed by atoms with Gasteiger partial charge in [0.25, 0.3) is 0 Å². The lowest BCUT2D eigenvalue weighted by Crippen LogP contribution is -2.42. The first-order chi connectivity index (χ1) is 9.66. The van der Waals surface area contributed by atoms with Gasteiger partial charge in [0.05, 0.1) is 0 Å². The Bertz CT molecular complexity index is 517. The number of carboxylic acid groups (broad SMARTS) is 1. The molecule has 3 rings (SSSR count).